The molecule has 3 rings (SSSR count). The van der Waals surface area contributed by atoms with E-state index in [2.05, 4.69) is 33.5 Å². The summed E-state index contributed by atoms with van der Waals surface area (Å²) in [6.07, 6.45) is 4.69. The molecule has 33 heavy (non-hydrogen) atoms. The third-order valence-electron chi connectivity index (χ3n) is 5.05. The second-order valence-corrected chi connectivity index (χ2v) is 8.71. The summed E-state index contributed by atoms with van der Waals surface area (Å²) in [6, 6.07) is 22.1. The summed E-state index contributed by atoms with van der Waals surface area (Å²) in [6.45, 7) is 2.74. The lowest BCUT2D eigenvalue weighted by atomic mass is 10.1. The fourth-order valence-electron chi connectivity index (χ4n) is 3.38. The maximum absolute atomic E-state index is 13.0. The topological polar surface area (TPSA) is 67.4 Å². The van der Waals surface area contributed by atoms with Crippen molar-refractivity contribution in [2.75, 3.05) is 17.2 Å². The van der Waals surface area contributed by atoms with Gasteiger partial charge in [0.15, 0.2) is 0 Å². The molecule has 0 bridgehead atoms. The van der Waals surface area contributed by atoms with Crippen LogP contribution in [0.2, 0.25) is 0 Å². The molecule has 0 fully saturated rings. The summed E-state index contributed by atoms with van der Waals surface area (Å²) < 4.78 is 6.69. The number of carbonyl (C=O) groups excluding carboxylic acids is 2. The molecule has 0 saturated carbocycles. The molecular formula is C27H29BrN2O3. The maximum atomic E-state index is 13.0. The maximum Gasteiger partial charge on any atom is 0.259 e. The minimum absolute atomic E-state index is 0.115. The van der Waals surface area contributed by atoms with E-state index in [0.29, 0.717) is 29.3 Å². The molecule has 2 amide bonds. The number of benzene rings is 3. The number of anilines is 2. The van der Waals surface area contributed by atoms with E-state index in [-0.39, 0.29) is 18.2 Å². The summed E-state index contributed by atoms with van der Waals surface area (Å²) >= 11 is 3.44. The van der Waals surface area contributed by atoms with Crippen LogP contribution >= 0.6 is 15.9 Å². The quantitative estimate of drug-likeness (QED) is 0.278. The van der Waals surface area contributed by atoms with Crippen LogP contribution in [0.15, 0.2) is 77.3 Å². The number of hydrogen-bond acceptors (Lipinski definition) is 3. The number of halogens is 1. The molecule has 0 spiro atoms. The Bertz CT molecular complexity index is 1070. The smallest absolute Gasteiger partial charge is 0.259 e. The second kappa shape index (κ2) is 12.8. The van der Waals surface area contributed by atoms with Gasteiger partial charge in [-0.05, 0) is 48.4 Å². The van der Waals surface area contributed by atoms with Gasteiger partial charge in [-0.15, -0.1) is 0 Å². The van der Waals surface area contributed by atoms with Crippen molar-refractivity contribution in [3.8, 4) is 5.75 Å². The molecule has 172 valence electrons. The number of nitrogens with one attached hydrogen (secondary N) is 2. The van der Waals surface area contributed by atoms with Crippen LogP contribution in [0.25, 0.3) is 0 Å². The van der Waals surface area contributed by atoms with Gasteiger partial charge in [-0.2, -0.15) is 0 Å². The minimum Gasteiger partial charge on any atom is -0.493 e. The van der Waals surface area contributed by atoms with Crippen LogP contribution in [0.3, 0.4) is 0 Å². The van der Waals surface area contributed by atoms with E-state index in [4.69, 9.17) is 4.74 Å². The number of amides is 2. The minimum atomic E-state index is -0.271. The Hall–Kier alpha value is -3.12. The highest BCUT2D eigenvalue weighted by Crippen LogP contribution is 2.25. The summed E-state index contributed by atoms with van der Waals surface area (Å²) in [7, 11) is 0. The first-order valence-electron chi connectivity index (χ1n) is 11.2. The molecule has 0 radical (unpaired) electrons. The molecule has 0 aliphatic rings. The highest BCUT2D eigenvalue weighted by molar-refractivity contribution is 9.10. The van der Waals surface area contributed by atoms with E-state index in [9.17, 15) is 9.59 Å². The molecule has 0 atom stereocenters. The fraction of sp³-hybridized carbons (Fsp3) is 0.259. The SMILES string of the molecule is CCCCCCOc1ccc(Br)cc1C(=O)Nc1cccc(NC(=O)Cc2ccccc2)c1. The molecule has 0 saturated heterocycles. The first-order valence-corrected chi connectivity index (χ1v) is 12.0. The van der Waals surface area contributed by atoms with Gasteiger partial charge < -0.3 is 15.4 Å². The monoisotopic (exact) mass is 508 g/mol. The summed E-state index contributed by atoms with van der Waals surface area (Å²) in [4.78, 5) is 25.4. The Morgan fingerprint density at radius 2 is 1.61 bits per heavy atom. The van der Waals surface area contributed by atoms with Crippen molar-refractivity contribution in [2.45, 2.75) is 39.0 Å². The van der Waals surface area contributed by atoms with Crippen LogP contribution in [0.5, 0.6) is 5.75 Å². The van der Waals surface area contributed by atoms with Crippen molar-refractivity contribution in [3.05, 3.63) is 88.4 Å². The van der Waals surface area contributed by atoms with Gasteiger partial charge in [-0.1, -0.05) is 78.5 Å². The van der Waals surface area contributed by atoms with E-state index in [1.165, 1.54) is 6.42 Å². The summed E-state index contributed by atoms with van der Waals surface area (Å²) in [5.74, 6) is 0.169. The Kier molecular flexibility index (Phi) is 9.51. The zero-order valence-electron chi connectivity index (χ0n) is 18.8. The Balaban J connectivity index is 1.63. The van der Waals surface area contributed by atoms with Gasteiger partial charge in [-0.3, -0.25) is 9.59 Å². The van der Waals surface area contributed by atoms with Gasteiger partial charge in [0, 0.05) is 15.8 Å². The molecular weight excluding hydrogens is 480 g/mol. The standard InChI is InChI=1S/C27H29BrN2O3/c1-2-3-4-8-16-33-25-15-14-21(28)18-24(25)27(32)30-23-13-9-12-22(19-23)29-26(31)17-20-10-6-5-7-11-20/h5-7,9-15,18-19H,2-4,8,16-17H2,1H3,(H,29,31)(H,30,32). The first kappa shape index (κ1) is 24.5. The predicted octanol–water partition coefficient (Wildman–Crippen LogP) is 6.84. The molecule has 0 aliphatic carbocycles. The number of rotatable bonds is 11. The third kappa shape index (κ3) is 8.06. The van der Waals surface area contributed by atoms with Crippen molar-refractivity contribution in [3.63, 3.8) is 0 Å². The molecule has 3 aromatic rings. The molecule has 6 heteroatoms. The van der Waals surface area contributed by atoms with E-state index in [1.807, 2.05) is 36.4 Å². The average molecular weight is 509 g/mol. The lowest BCUT2D eigenvalue weighted by Gasteiger charge is -2.13. The number of unbranched alkanes of at least 4 members (excludes halogenated alkanes) is 3. The van der Waals surface area contributed by atoms with Gasteiger partial charge in [-0.25, -0.2) is 0 Å². The van der Waals surface area contributed by atoms with Crippen molar-refractivity contribution < 1.29 is 14.3 Å². The number of carbonyl (C=O) groups is 2. The van der Waals surface area contributed by atoms with E-state index in [0.717, 1.165) is 29.3 Å². The third-order valence-corrected chi connectivity index (χ3v) is 5.55. The molecule has 3 aromatic carbocycles. The van der Waals surface area contributed by atoms with Crippen molar-refractivity contribution >= 4 is 39.1 Å². The van der Waals surface area contributed by atoms with E-state index >= 15 is 0 Å². The van der Waals surface area contributed by atoms with Crippen LogP contribution in [-0.2, 0) is 11.2 Å². The van der Waals surface area contributed by atoms with Crippen LogP contribution in [-0.4, -0.2) is 18.4 Å². The first-order chi connectivity index (χ1) is 16.0. The van der Waals surface area contributed by atoms with Crippen molar-refractivity contribution in [1.82, 2.24) is 0 Å². The Labute approximate surface area is 203 Å². The lowest BCUT2D eigenvalue weighted by molar-refractivity contribution is -0.115. The number of ether oxygens (including phenoxy) is 1. The van der Waals surface area contributed by atoms with E-state index in [1.54, 1.807) is 36.4 Å². The molecule has 0 aromatic heterocycles. The Morgan fingerprint density at radius 1 is 0.848 bits per heavy atom. The largest absolute Gasteiger partial charge is 0.493 e. The summed E-state index contributed by atoms with van der Waals surface area (Å²) in [5.41, 5.74) is 2.61. The normalized spacial score (nSPS) is 10.5. The zero-order chi connectivity index (χ0) is 23.5. The van der Waals surface area contributed by atoms with Crippen LogP contribution in [0.4, 0.5) is 11.4 Å². The lowest BCUT2D eigenvalue weighted by Crippen LogP contribution is -2.16. The van der Waals surface area contributed by atoms with Crippen LogP contribution < -0.4 is 15.4 Å². The highest BCUT2D eigenvalue weighted by atomic mass is 79.9. The van der Waals surface area contributed by atoms with Gasteiger partial charge in [0.05, 0.1) is 18.6 Å². The Morgan fingerprint density at radius 3 is 2.36 bits per heavy atom. The molecule has 5 nitrogen and oxygen atoms in total. The van der Waals surface area contributed by atoms with Gasteiger partial charge in [0.1, 0.15) is 5.75 Å². The number of hydrogen-bond donors (Lipinski definition) is 2. The average Bonchev–Trinajstić information content (AvgIpc) is 2.80. The van der Waals surface area contributed by atoms with Crippen molar-refractivity contribution in [1.29, 1.82) is 0 Å². The van der Waals surface area contributed by atoms with Crippen LogP contribution in [0, 0.1) is 0 Å². The molecule has 0 unspecified atom stereocenters. The zero-order valence-corrected chi connectivity index (χ0v) is 20.4. The molecule has 0 heterocycles. The highest BCUT2D eigenvalue weighted by Gasteiger charge is 2.14. The van der Waals surface area contributed by atoms with E-state index < -0.39 is 0 Å². The summed E-state index contributed by atoms with van der Waals surface area (Å²) in [5, 5.41) is 5.80. The second-order valence-electron chi connectivity index (χ2n) is 7.80. The van der Waals surface area contributed by atoms with Gasteiger partial charge in [0.25, 0.3) is 5.91 Å². The van der Waals surface area contributed by atoms with Crippen LogP contribution in [0.1, 0.15) is 48.5 Å². The molecule has 0 aliphatic heterocycles. The fourth-order valence-corrected chi connectivity index (χ4v) is 3.74. The predicted molar refractivity (Wildman–Crippen MR) is 137 cm³/mol. The van der Waals surface area contributed by atoms with Crippen molar-refractivity contribution in [2.24, 2.45) is 0 Å². The van der Waals surface area contributed by atoms with Gasteiger partial charge in [0.2, 0.25) is 5.91 Å². The molecule has 2 N–H and O–H groups in total. The van der Waals surface area contributed by atoms with Gasteiger partial charge >= 0.3 is 0 Å².